The van der Waals surface area contributed by atoms with Crippen molar-refractivity contribution >= 4 is 50.7 Å². The maximum Gasteiger partial charge on any atom is 0.243 e. The molecule has 0 saturated carbocycles. The summed E-state index contributed by atoms with van der Waals surface area (Å²) in [5.74, 6) is -0.123. The monoisotopic (exact) mass is 336 g/mol. The standard InChI is InChI=1S/C11H11BrCl2N2O/c12-6-4-7(13)10(8(14)5-6)16-3-1-2-9(15)11(16)17/h4-5,9H,1-3,15H2. The molecule has 1 atom stereocenters. The largest absolute Gasteiger partial charge is 0.320 e. The van der Waals surface area contributed by atoms with E-state index in [4.69, 9.17) is 28.9 Å². The molecule has 1 amide bonds. The quantitative estimate of drug-likeness (QED) is 0.855. The molecule has 2 N–H and O–H groups in total. The van der Waals surface area contributed by atoms with Crippen molar-refractivity contribution in [2.45, 2.75) is 18.9 Å². The van der Waals surface area contributed by atoms with Gasteiger partial charge in [0, 0.05) is 11.0 Å². The Kier molecular flexibility index (Phi) is 3.98. The lowest BCUT2D eigenvalue weighted by atomic mass is 10.0. The highest BCUT2D eigenvalue weighted by Crippen LogP contribution is 2.38. The Labute approximate surface area is 118 Å². The van der Waals surface area contributed by atoms with E-state index in [9.17, 15) is 4.79 Å². The number of amides is 1. The van der Waals surface area contributed by atoms with E-state index in [-0.39, 0.29) is 5.91 Å². The van der Waals surface area contributed by atoms with Crippen molar-refractivity contribution in [1.29, 1.82) is 0 Å². The number of carbonyl (C=O) groups is 1. The molecule has 1 aliphatic heterocycles. The van der Waals surface area contributed by atoms with Crippen molar-refractivity contribution in [3.63, 3.8) is 0 Å². The van der Waals surface area contributed by atoms with Gasteiger partial charge >= 0.3 is 0 Å². The van der Waals surface area contributed by atoms with Gasteiger partial charge in [0.05, 0.1) is 21.8 Å². The van der Waals surface area contributed by atoms with E-state index >= 15 is 0 Å². The van der Waals surface area contributed by atoms with Crippen LogP contribution >= 0.6 is 39.1 Å². The van der Waals surface area contributed by atoms with Gasteiger partial charge < -0.3 is 10.6 Å². The molecule has 6 heteroatoms. The third kappa shape index (κ3) is 2.60. The van der Waals surface area contributed by atoms with Crippen LogP contribution in [0.2, 0.25) is 10.0 Å². The molecule has 3 nitrogen and oxygen atoms in total. The number of rotatable bonds is 1. The lowest BCUT2D eigenvalue weighted by Crippen LogP contribution is -2.48. The highest BCUT2D eigenvalue weighted by molar-refractivity contribution is 9.10. The normalized spacial score (nSPS) is 20.8. The molecule has 1 unspecified atom stereocenters. The highest BCUT2D eigenvalue weighted by Gasteiger charge is 2.29. The molecule has 17 heavy (non-hydrogen) atoms. The predicted molar refractivity (Wildman–Crippen MR) is 73.7 cm³/mol. The Morgan fingerprint density at radius 1 is 1.35 bits per heavy atom. The zero-order chi connectivity index (χ0) is 12.6. The third-order valence-corrected chi connectivity index (χ3v) is 3.77. The van der Waals surface area contributed by atoms with Crippen molar-refractivity contribution in [1.82, 2.24) is 0 Å². The van der Waals surface area contributed by atoms with E-state index in [0.29, 0.717) is 28.7 Å². The summed E-state index contributed by atoms with van der Waals surface area (Å²) in [4.78, 5) is 13.6. The van der Waals surface area contributed by atoms with Gasteiger partial charge in [-0.05, 0) is 25.0 Å². The van der Waals surface area contributed by atoms with E-state index in [1.54, 1.807) is 17.0 Å². The summed E-state index contributed by atoms with van der Waals surface area (Å²) in [5, 5.41) is 0.902. The van der Waals surface area contributed by atoms with Crippen molar-refractivity contribution in [2.75, 3.05) is 11.4 Å². The highest BCUT2D eigenvalue weighted by atomic mass is 79.9. The summed E-state index contributed by atoms with van der Waals surface area (Å²) in [6.45, 7) is 0.605. The SMILES string of the molecule is NC1CCCN(c2c(Cl)cc(Br)cc2Cl)C1=O. The molecule has 1 fully saturated rings. The summed E-state index contributed by atoms with van der Waals surface area (Å²) in [7, 11) is 0. The Morgan fingerprint density at radius 3 is 2.53 bits per heavy atom. The van der Waals surface area contributed by atoms with Crippen LogP contribution in [0, 0.1) is 0 Å². The van der Waals surface area contributed by atoms with Gasteiger partial charge in [0.2, 0.25) is 5.91 Å². The van der Waals surface area contributed by atoms with Crippen LogP contribution in [0.15, 0.2) is 16.6 Å². The smallest absolute Gasteiger partial charge is 0.243 e. The first kappa shape index (κ1) is 13.1. The topological polar surface area (TPSA) is 46.3 Å². The molecule has 1 aromatic carbocycles. The molecule has 1 aliphatic rings. The maximum atomic E-state index is 12.0. The molecular formula is C11H11BrCl2N2O. The summed E-state index contributed by atoms with van der Waals surface area (Å²) >= 11 is 15.6. The molecule has 92 valence electrons. The number of hydrogen-bond acceptors (Lipinski definition) is 2. The van der Waals surface area contributed by atoms with Gasteiger partial charge in [0.1, 0.15) is 0 Å². The van der Waals surface area contributed by atoms with Gasteiger partial charge in [-0.3, -0.25) is 4.79 Å². The minimum Gasteiger partial charge on any atom is -0.320 e. The third-order valence-electron chi connectivity index (χ3n) is 2.73. The second-order valence-corrected chi connectivity index (χ2v) is 5.69. The molecule has 2 rings (SSSR count). The number of benzene rings is 1. The number of carbonyl (C=O) groups excluding carboxylic acids is 1. The minimum atomic E-state index is -0.459. The average Bonchev–Trinajstić information content (AvgIpc) is 2.23. The molecular weight excluding hydrogens is 327 g/mol. The van der Waals surface area contributed by atoms with Gasteiger partial charge in [0.25, 0.3) is 0 Å². The Balaban J connectivity index is 2.43. The number of hydrogen-bond donors (Lipinski definition) is 1. The van der Waals surface area contributed by atoms with E-state index in [2.05, 4.69) is 15.9 Å². The van der Waals surface area contributed by atoms with E-state index < -0.39 is 6.04 Å². The average molecular weight is 338 g/mol. The Morgan fingerprint density at radius 2 is 1.94 bits per heavy atom. The molecule has 0 bridgehead atoms. The van der Waals surface area contributed by atoms with E-state index in [1.807, 2.05) is 0 Å². The fraction of sp³-hybridized carbons (Fsp3) is 0.364. The van der Waals surface area contributed by atoms with Crippen molar-refractivity contribution in [2.24, 2.45) is 5.73 Å². The first-order valence-corrected chi connectivity index (χ1v) is 6.77. The number of nitrogens with zero attached hydrogens (tertiary/aromatic N) is 1. The number of halogens is 3. The predicted octanol–water partition coefficient (Wildman–Crippen LogP) is 3.21. The summed E-state index contributed by atoms with van der Waals surface area (Å²) in [5.41, 5.74) is 6.30. The number of piperidine rings is 1. The van der Waals surface area contributed by atoms with Crippen LogP contribution in [0.4, 0.5) is 5.69 Å². The van der Waals surface area contributed by atoms with E-state index in [0.717, 1.165) is 10.9 Å². The van der Waals surface area contributed by atoms with Gasteiger partial charge in [0.15, 0.2) is 0 Å². The van der Waals surface area contributed by atoms with E-state index in [1.165, 1.54) is 0 Å². The number of anilines is 1. The zero-order valence-electron chi connectivity index (χ0n) is 8.92. The molecule has 1 saturated heterocycles. The minimum absolute atomic E-state index is 0.123. The molecule has 0 aromatic heterocycles. The van der Waals surface area contributed by atoms with Crippen LogP contribution in [0.1, 0.15) is 12.8 Å². The Bertz CT molecular complexity index is 444. The molecule has 1 aromatic rings. The van der Waals surface area contributed by atoms with Gasteiger partial charge in [-0.15, -0.1) is 0 Å². The molecule has 0 radical (unpaired) electrons. The van der Waals surface area contributed by atoms with Gasteiger partial charge in [-0.1, -0.05) is 39.1 Å². The van der Waals surface area contributed by atoms with Crippen molar-refractivity contribution in [3.05, 3.63) is 26.7 Å². The second kappa shape index (κ2) is 5.14. The van der Waals surface area contributed by atoms with Crippen LogP contribution in [0.25, 0.3) is 0 Å². The molecule has 1 heterocycles. The lowest BCUT2D eigenvalue weighted by Gasteiger charge is -2.31. The van der Waals surface area contributed by atoms with Crippen LogP contribution in [0.5, 0.6) is 0 Å². The van der Waals surface area contributed by atoms with Crippen molar-refractivity contribution in [3.8, 4) is 0 Å². The van der Waals surface area contributed by atoms with Crippen LogP contribution in [-0.4, -0.2) is 18.5 Å². The van der Waals surface area contributed by atoms with Gasteiger partial charge in [-0.25, -0.2) is 0 Å². The van der Waals surface area contributed by atoms with Crippen molar-refractivity contribution < 1.29 is 4.79 Å². The lowest BCUT2D eigenvalue weighted by molar-refractivity contribution is -0.120. The summed E-state index contributed by atoms with van der Waals surface area (Å²) < 4.78 is 0.782. The second-order valence-electron chi connectivity index (χ2n) is 3.96. The Hall–Kier alpha value is -0.290. The fourth-order valence-electron chi connectivity index (χ4n) is 1.92. The van der Waals surface area contributed by atoms with Crippen LogP contribution < -0.4 is 10.6 Å². The summed E-state index contributed by atoms with van der Waals surface area (Å²) in [6.07, 6.45) is 1.57. The first-order chi connectivity index (χ1) is 8.00. The zero-order valence-corrected chi connectivity index (χ0v) is 12.0. The first-order valence-electron chi connectivity index (χ1n) is 5.22. The van der Waals surface area contributed by atoms with Crippen LogP contribution in [-0.2, 0) is 4.79 Å². The number of nitrogens with two attached hydrogens (primary N) is 1. The van der Waals surface area contributed by atoms with Gasteiger partial charge in [-0.2, -0.15) is 0 Å². The summed E-state index contributed by atoms with van der Waals surface area (Å²) in [6, 6.07) is 2.98. The fourth-order valence-corrected chi connectivity index (χ4v) is 3.33. The molecule has 0 aliphatic carbocycles. The molecule has 0 spiro atoms. The van der Waals surface area contributed by atoms with Crippen LogP contribution in [0.3, 0.4) is 0 Å². The maximum absolute atomic E-state index is 12.0.